The molecule has 0 bridgehead atoms. The molecule has 0 radical (unpaired) electrons. The standard InChI is InChI=1S/C16H22N4S.ClH/c1-17-9-13-5-4-8-20(10-13)11-14-12-21-16(19-14)15-6-2-3-7-18-15;/h2-3,6-7,12-13,17H,4-5,8-11H2,1H3;1H. The first-order valence-corrected chi connectivity index (χ1v) is 8.46. The maximum absolute atomic E-state index is 4.74. The molecule has 1 aliphatic heterocycles. The van der Waals surface area contributed by atoms with Gasteiger partial charge in [-0.05, 0) is 51.0 Å². The Balaban J connectivity index is 0.00000176. The highest BCUT2D eigenvalue weighted by atomic mass is 35.5. The molecule has 6 heteroatoms. The van der Waals surface area contributed by atoms with Crippen LogP contribution in [0.15, 0.2) is 29.8 Å². The van der Waals surface area contributed by atoms with Crippen molar-refractivity contribution in [3.8, 4) is 10.7 Å². The van der Waals surface area contributed by atoms with Crippen molar-refractivity contribution in [2.45, 2.75) is 19.4 Å². The molecule has 3 rings (SSSR count). The topological polar surface area (TPSA) is 41.0 Å². The zero-order valence-electron chi connectivity index (χ0n) is 12.9. The lowest BCUT2D eigenvalue weighted by Crippen LogP contribution is -2.38. The number of hydrogen-bond donors (Lipinski definition) is 1. The average molecular weight is 339 g/mol. The molecule has 4 nitrogen and oxygen atoms in total. The van der Waals surface area contributed by atoms with Crippen LogP contribution in [0.3, 0.4) is 0 Å². The molecule has 0 amide bonds. The van der Waals surface area contributed by atoms with Gasteiger partial charge in [0, 0.05) is 24.7 Å². The minimum absolute atomic E-state index is 0. The number of halogens is 1. The number of nitrogens with one attached hydrogen (secondary N) is 1. The summed E-state index contributed by atoms with van der Waals surface area (Å²) in [6.45, 7) is 4.45. The monoisotopic (exact) mass is 338 g/mol. The first-order valence-electron chi connectivity index (χ1n) is 7.58. The number of aromatic nitrogens is 2. The van der Waals surface area contributed by atoms with E-state index in [9.17, 15) is 0 Å². The molecular formula is C16H23ClN4S. The van der Waals surface area contributed by atoms with Gasteiger partial charge in [0.1, 0.15) is 5.01 Å². The van der Waals surface area contributed by atoms with Gasteiger partial charge in [-0.15, -0.1) is 23.7 Å². The normalized spacial score (nSPS) is 18.9. The van der Waals surface area contributed by atoms with Crippen LogP contribution >= 0.6 is 23.7 Å². The molecule has 1 saturated heterocycles. The highest BCUT2D eigenvalue weighted by Gasteiger charge is 2.20. The maximum Gasteiger partial charge on any atom is 0.142 e. The van der Waals surface area contributed by atoms with E-state index in [1.54, 1.807) is 11.3 Å². The van der Waals surface area contributed by atoms with E-state index in [1.807, 2.05) is 31.4 Å². The van der Waals surface area contributed by atoms with Crippen LogP contribution < -0.4 is 5.32 Å². The van der Waals surface area contributed by atoms with Crippen LogP contribution in [0.1, 0.15) is 18.5 Å². The summed E-state index contributed by atoms with van der Waals surface area (Å²) in [5.74, 6) is 0.776. The summed E-state index contributed by atoms with van der Waals surface area (Å²) in [6.07, 6.45) is 4.46. The van der Waals surface area contributed by atoms with Crippen LogP contribution in [0, 0.1) is 5.92 Å². The molecule has 2 aromatic heterocycles. The van der Waals surface area contributed by atoms with Crippen molar-refractivity contribution in [3.63, 3.8) is 0 Å². The van der Waals surface area contributed by atoms with E-state index < -0.39 is 0 Å². The Morgan fingerprint density at radius 2 is 2.32 bits per heavy atom. The van der Waals surface area contributed by atoms with Crippen molar-refractivity contribution < 1.29 is 0 Å². The largest absolute Gasteiger partial charge is 0.319 e. The molecule has 1 N–H and O–H groups in total. The minimum atomic E-state index is 0. The molecule has 0 aliphatic carbocycles. The summed E-state index contributed by atoms with van der Waals surface area (Å²) in [5, 5.41) is 6.49. The minimum Gasteiger partial charge on any atom is -0.319 e. The second-order valence-electron chi connectivity index (χ2n) is 5.66. The van der Waals surface area contributed by atoms with Crippen molar-refractivity contribution >= 4 is 23.7 Å². The lowest BCUT2D eigenvalue weighted by Gasteiger charge is -2.32. The van der Waals surface area contributed by atoms with Crippen molar-refractivity contribution in [2.75, 3.05) is 26.7 Å². The quantitative estimate of drug-likeness (QED) is 0.909. The zero-order chi connectivity index (χ0) is 14.5. The zero-order valence-corrected chi connectivity index (χ0v) is 14.5. The van der Waals surface area contributed by atoms with Gasteiger partial charge in [0.2, 0.25) is 0 Å². The van der Waals surface area contributed by atoms with Gasteiger partial charge in [0.15, 0.2) is 0 Å². The van der Waals surface area contributed by atoms with Gasteiger partial charge < -0.3 is 5.32 Å². The Morgan fingerprint density at radius 3 is 3.09 bits per heavy atom. The number of hydrogen-bond acceptors (Lipinski definition) is 5. The second-order valence-corrected chi connectivity index (χ2v) is 6.52. The van der Waals surface area contributed by atoms with Crippen molar-refractivity contribution in [1.29, 1.82) is 0 Å². The highest BCUT2D eigenvalue weighted by molar-refractivity contribution is 7.13. The SMILES string of the molecule is CNCC1CCCN(Cc2csc(-c3ccccn3)n2)C1.Cl. The van der Waals surface area contributed by atoms with Crippen LogP contribution in [-0.4, -0.2) is 41.5 Å². The third-order valence-corrected chi connectivity index (χ3v) is 4.83. The van der Waals surface area contributed by atoms with Gasteiger partial charge in [-0.1, -0.05) is 6.07 Å². The van der Waals surface area contributed by atoms with Crippen LogP contribution in [0.25, 0.3) is 10.7 Å². The van der Waals surface area contributed by atoms with E-state index in [4.69, 9.17) is 4.98 Å². The van der Waals surface area contributed by atoms with Gasteiger partial charge in [-0.2, -0.15) is 0 Å². The van der Waals surface area contributed by atoms with Crippen molar-refractivity contribution in [2.24, 2.45) is 5.92 Å². The predicted molar refractivity (Wildman–Crippen MR) is 94.5 cm³/mol. The van der Waals surface area contributed by atoms with E-state index >= 15 is 0 Å². The number of pyridine rings is 1. The smallest absolute Gasteiger partial charge is 0.142 e. The van der Waals surface area contributed by atoms with E-state index in [2.05, 4.69) is 20.6 Å². The fraction of sp³-hybridized carbons (Fsp3) is 0.500. The first-order chi connectivity index (χ1) is 10.3. The molecule has 1 atom stereocenters. The first kappa shape index (κ1) is 17.3. The summed E-state index contributed by atoms with van der Waals surface area (Å²) < 4.78 is 0. The fourth-order valence-electron chi connectivity index (χ4n) is 2.97. The van der Waals surface area contributed by atoms with Gasteiger partial charge in [0.25, 0.3) is 0 Å². The molecule has 120 valence electrons. The van der Waals surface area contributed by atoms with E-state index in [0.29, 0.717) is 0 Å². The van der Waals surface area contributed by atoms with E-state index in [1.165, 1.54) is 31.6 Å². The third-order valence-electron chi connectivity index (χ3n) is 3.92. The van der Waals surface area contributed by atoms with Gasteiger partial charge in [-0.3, -0.25) is 9.88 Å². The lowest BCUT2D eigenvalue weighted by molar-refractivity contribution is 0.165. The molecule has 2 aromatic rings. The second kappa shape index (κ2) is 8.58. The van der Waals surface area contributed by atoms with Crippen molar-refractivity contribution in [1.82, 2.24) is 20.2 Å². The van der Waals surface area contributed by atoms with Crippen molar-refractivity contribution in [3.05, 3.63) is 35.5 Å². The highest BCUT2D eigenvalue weighted by Crippen LogP contribution is 2.23. The van der Waals surface area contributed by atoms with Gasteiger partial charge in [-0.25, -0.2) is 4.98 Å². The summed E-state index contributed by atoms with van der Waals surface area (Å²) in [6, 6.07) is 5.97. The van der Waals surface area contributed by atoms with E-state index in [0.717, 1.165) is 29.7 Å². The number of nitrogens with zero attached hydrogens (tertiary/aromatic N) is 3. The molecule has 0 aromatic carbocycles. The van der Waals surface area contributed by atoms with Gasteiger partial charge in [0.05, 0.1) is 11.4 Å². The van der Waals surface area contributed by atoms with Crippen LogP contribution in [0.2, 0.25) is 0 Å². The summed E-state index contributed by atoms with van der Waals surface area (Å²) >= 11 is 1.69. The number of likely N-dealkylation sites (tertiary alicyclic amines) is 1. The Kier molecular flexibility index (Phi) is 6.76. The Hall–Kier alpha value is -1.01. The van der Waals surface area contributed by atoms with Gasteiger partial charge >= 0.3 is 0 Å². The molecule has 22 heavy (non-hydrogen) atoms. The third kappa shape index (κ3) is 4.49. The predicted octanol–water partition coefficient (Wildman–Crippen LogP) is 3.06. The lowest BCUT2D eigenvalue weighted by atomic mass is 9.98. The number of thiazole rings is 1. The average Bonchev–Trinajstić information content (AvgIpc) is 2.97. The van der Waals surface area contributed by atoms with Crippen LogP contribution in [0.4, 0.5) is 0 Å². The molecule has 0 saturated carbocycles. The fourth-order valence-corrected chi connectivity index (χ4v) is 3.75. The molecular weight excluding hydrogens is 316 g/mol. The van der Waals surface area contributed by atoms with Crippen LogP contribution in [0.5, 0.6) is 0 Å². The number of rotatable bonds is 5. The summed E-state index contributed by atoms with van der Waals surface area (Å²) in [7, 11) is 2.04. The number of piperidine rings is 1. The molecule has 1 fully saturated rings. The molecule has 0 spiro atoms. The molecule has 1 unspecified atom stereocenters. The maximum atomic E-state index is 4.74. The Labute approximate surface area is 142 Å². The Morgan fingerprint density at radius 1 is 1.41 bits per heavy atom. The molecule has 3 heterocycles. The summed E-state index contributed by atoms with van der Waals surface area (Å²) in [4.78, 5) is 11.6. The van der Waals surface area contributed by atoms with Crippen LogP contribution in [-0.2, 0) is 6.54 Å². The molecule has 1 aliphatic rings. The Bertz CT molecular complexity index is 558. The van der Waals surface area contributed by atoms with E-state index in [-0.39, 0.29) is 12.4 Å². The summed E-state index contributed by atoms with van der Waals surface area (Å²) in [5.41, 5.74) is 2.14.